The molecule has 3 atom stereocenters. The van der Waals surface area contributed by atoms with Crippen molar-refractivity contribution in [1.82, 2.24) is 10.3 Å². The highest BCUT2D eigenvalue weighted by atomic mass is 19.1. The van der Waals surface area contributed by atoms with Crippen LogP contribution in [0, 0.1) is 17.7 Å². The van der Waals surface area contributed by atoms with Gasteiger partial charge in [-0.3, -0.25) is 4.98 Å². The minimum atomic E-state index is -0.620. The van der Waals surface area contributed by atoms with Crippen LogP contribution >= 0.6 is 0 Å². The predicted molar refractivity (Wildman–Crippen MR) is 96.2 cm³/mol. The molecule has 6 heteroatoms. The number of ether oxygens (including phenoxy) is 2. The number of carbonyl (C=O) groups excluding carboxylic acids is 1. The predicted octanol–water partition coefficient (Wildman–Crippen LogP) is 3.66. The number of carbonyl (C=O) groups is 1. The minimum absolute atomic E-state index is 0.216. The van der Waals surface area contributed by atoms with E-state index < -0.39 is 18.2 Å². The van der Waals surface area contributed by atoms with E-state index in [1.165, 1.54) is 12.1 Å². The second-order valence-corrected chi connectivity index (χ2v) is 6.65. The van der Waals surface area contributed by atoms with Gasteiger partial charge >= 0.3 is 6.09 Å². The lowest BCUT2D eigenvalue weighted by atomic mass is 9.97. The smallest absolute Gasteiger partial charge is 0.408 e. The van der Waals surface area contributed by atoms with Gasteiger partial charge in [-0.05, 0) is 42.2 Å². The number of cyclic esters (lactones) is 1. The van der Waals surface area contributed by atoms with Crippen LogP contribution < -0.4 is 5.32 Å². The number of amides is 1. The van der Waals surface area contributed by atoms with E-state index in [9.17, 15) is 9.18 Å². The summed E-state index contributed by atoms with van der Waals surface area (Å²) in [7, 11) is 0. The third kappa shape index (κ3) is 4.09. The molecule has 0 saturated carbocycles. The number of pyridine rings is 1. The largest absolute Gasteiger partial charge is 0.439 e. The summed E-state index contributed by atoms with van der Waals surface area (Å²) in [6.45, 7) is 0.812. The van der Waals surface area contributed by atoms with E-state index in [0.29, 0.717) is 12.0 Å². The van der Waals surface area contributed by atoms with Crippen molar-refractivity contribution in [3.63, 3.8) is 0 Å². The van der Waals surface area contributed by atoms with Crippen LogP contribution in [0.4, 0.5) is 9.18 Å². The number of rotatable bonds is 3. The Hall–Kier alpha value is -2.91. The van der Waals surface area contributed by atoms with Gasteiger partial charge in [0.05, 0.1) is 6.10 Å². The Morgan fingerprint density at radius 1 is 1.26 bits per heavy atom. The third-order valence-electron chi connectivity index (χ3n) is 4.69. The normalized spacial score (nSPS) is 24.0. The maximum atomic E-state index is 13.6. The van der Waals surface area contributed by atoms with Crippen LogP contribution in [0.15, 0.2) is 42.7 Å². The second kappa shape index (κ2) is 7.77. The van der Waals surface area contributed by atoms with Crippen LogP contribution in [0.2, 0.25) is 0 Å². The Bertz CT molecular complexity index is 900. The lowest BCUT2D eigenvalue weighted by Crippen LogP contribution is -2.19. The van der Waals surface area contributed by atoms with Gasteiger partial charge in [0.1, 0.15) is 11.9 Å². The zero-order chi connectivity index (χ0) is 18.6. The van der Waals surface area contributed by atoms with Crippen LogP contribution in [-0.2, 0) is 9.47 Å². The standard InChI is InChI=1S/C21H19FN2O3/c22-17-6-2-5-15(11-17)20-19(24-21(25)27-20)16-10-14(12-23-13-16)4-1-7-18-8-3-9-26-18/h2,5-6,10-13,18-20H,3,7-9H2,(H,24,25). The van der Waals surface area contributed by atoms with E-state index in [0.717, 1.165) is 30.6 Å². The summed E-state index contributed by atoms with van der Waals surface area (Å²) in [6, 6.07) is 7.48. The van der Waals surface area contributed by atoms with Gasteiger partial charge in [0, 0.05) is 31.0 Å². The first-order valence-electron chi connectivity index (χ1n) is 8.97. The Morgan fingerprint density at radius 3 is 3.00 bits per heavy atom. The SMILES string of the molecule is O=C1NC(c2cncc(C#CCC3CCCO3)c2)C(c2cccc(F)c2)O1. The van der Waals surface area contributed by atoms with Crippen LogP contribution in [0.5, 0.6) is 0 Å². The van der Waals surface area contributed by atoms with Crippen molar-refractivity contribution in [2.24, 2.45) is 0 Å². The van der Waals surface area contributed by atoms with E-state index in [4.69, 9.17) is 9.47 Å². The van der Waals surface area contributed by atoms with Crippen LogP contribution in [0.1, 0.15) is 48.1 Å². The fourth-order valence-electron chi connectivity index (χ4n) is 3.39. The highest BCUT2D eigenvalue weighted by molar-refractivity contribution is 5.71. The third-order valence-corrected chi connectivity index (χ3v) is 4.69. The first kappa shape index (κ1) is 17.5. The zero-order valence-corrected chi connectivity index (χ0v) is 14.7. The molecule has 0 bridgehead atoms. The topological polar surface area (TPSA) is 60.5 Å². The number of alkyl carbamates (subject to hydrolysis) is 1. The van der Waals surface area contributed by atoms with Gasteiger partial charge in [0.2, 0.25) is 0 Å². The molecule has 1 aromatic carbocycles. The first-order valence-corrected chi connectivity index (χ1v) is 8.97. The molecular weight excluding hydrogens is 347 g/mol. The Balaban J connectivity index is 1.54. The molecule has 0 spiro atoms. The average Bonchev–Trinajstić information content (AvgIpc) is 3.32. The minimum Gasteiger partial charge on any atom is -0.439 e. The van der Waals surface area contributed by atoms with Crippen molar-refractivity contribution < 1.29 is 18.7 Å². The molecule has 1 N–H and O–H groups in total. The summed E-state index contributed by atoms with van der Waals surface area (Å²) in [4.78, 5) is 16.0. The van der Waals surface area contributed by atoms with Gasteiger partial charge in [0.25, 0.3) is 0 Å². The molecule has 1 amide bonds. The molecule has 1 aromatic heterocycles. The Kier molecular flexibility index (Phi) is 5.03. The van der Waals surface area contributed by atoms with E-state index >= 15 is 0 Å². The molecule has 0 aliphatic carbocycles. The molecule has 3 unspecified atom stereocenters. The molecule has 2 aliphatic rings. The summed E-state index contributed by atoms with van der Waals surface area (Å²) < 4.78 is 24.5. The molecule has 0 radical (unpaired) electrons. The fourth-order valence-corrected chi connectivity index (χ4v) is 3.39. The van der Waals surface area contributed by atoms with E-state index in [2.05, 4.69) is 22.1 Å². The molecule has 2 aliphatic heterocycles. The molecular formula is C21H19FN2O3. The molecule has 2 aromatic rings. The number of nitrogens with zero attached hydrogens (tertiary/aromatic N) is 1. The van der Waals surface area contributed by atoms with Crippen LogP contribution in [-0.4, -0.2) is 23.8 Å². The molecule has 2 fully saturated rings. The lowest BCUT2D eigenvalue weighted by molar-refractivity contribution is 0.115. The molecule has 4 rings (SSSR count). The van der Waals surface area contributed by atoms with Gasteiger partial charge in [-0.15, -0.1) is 0 Å². The number of benzene rings is 1. The maximum Gasteiger partial charge on any atom is 0.408 e. The average molecular weight is 366 g/mol. The van der Waals surface area contributed by atoms with Gasteiger partial charge in [-0.1, -0.05) is 24.0 Å². The summed E-state index contributed by atoms with van der Waals surface area (Å²) in [6.07, 6.45) is 5.24. The summed E-state index contributed by atoms with van der Waals surface area (Å²) in [5, 5.41) is 2.77. The number of nitrogens with one attached hydrogen (secondary N) is 1. The van der Waals surface area contributed by atoms with Crippen molar-refractivity contribution in [3.05, 3.63) is 65.2 Å². The summed E-state index contributed by atoms with van der Waals surface area (Å²) in [5.41, 5.74) is 2.11. The highest BCUT2D eigenvalue weighted by Gasteiger charge is 2.36. The van der Waals surface area contributed by atoms with Crippen molar-refractivity contribution in [2.45, 2.75) is 37.5 Å². The summed E-state index contributed by atoms with van der Waals surface area (Å²) in [5.74, 6) is 5.87. The molecule has 5 nitrogen and oxygen atoms in total. The van der Waals surface area contributed by atoms with Gasteiger partial charge in [-0.2, -0.15) is 0 Å². The van der Waals surface area contributed by atoms with Crippen molar-refractivity contribution in [2.75, 3.05) is 6.61 Å². The Labute approximate surface area is 156 Å². The van der Waals surface area contributed by atoms with E-state index in [1.807, 2.05) is 6.07 Å². The second-order valence-electron chi connectivity index (χ2n) is 6.65. The quantitative estimate of drug-likeness (QED) is 0.842. The van der Waals surface area contributed by atoms with Gasteiger partial charge < -0.3 is 14.8 Å². The number of halogens is 1. The molecule has 2 saturated heterocycles. The fraction of sp³-hybridized carbons (Fsp3) is 0.333. The molecule has 3 heterocycles. The van der Waals surface area contributed by atoms with Gasteiger partial charge in [0.15, 0.2) is 6.10 Å². The van der Waals surface area contributed by atoms with Crippen molar-refractivity contribution in [3.8, 4) is 11.8 Å². The number of aromatic nitrogens is 1. The van der Waals surface area contributed by atoms with E-state index in [1.54, 1.807) is 24.5 Å². The summed E-state index contributed by atoms with van der Waals surface area (Å²) >= 11 is 0. The van der Waals surface area contributed by atoms with Crippen LogP contribution in [0.3, 0.4) is 0 Å². The molecule has 27 heavy (non-hydrogen) atoms. The Morgan fingerprint density at radius 2 is 2.19 bits per heavy atom. The van der Waals surface area contributed by atoms with E-state index in [-0.39, 0.29) is 11.9 Å². The lowest BCUT2D eigenvalue weighted by Gasteiger charge is -2.17. The number of hydrogen-bond donors (Lipinski definition) is 1. The van der Waals surface area contributed by atoms with Crippen LogP contribution in [0.25, 0.3) is 0 Å². The molecule has 138 valence electrons. The maximum absolute atomic E-state index is 13.6. The van der Waals surface area contributed by atoms with Gasteiger partial charge in [-0.25, -0.2) is 9.18 Å². The van der Waals surface area contributed by atoms with Crippen molar-refractivity contribution in [1.29, 1.82) is 0 Å². The van der Waals surface area contributed by atoms with Crippen molar-refractivity contribution >= 4 is 6.09 Å². The number of hydrogen-bond acceptors (Lipinski definition) is 4. The first-order chi connectivity index (χ1) is 13.2. The zero-order valence-electron chi connectivity index (χ0n) is 14.7. The monoisotopic (exact) mass is 366 g/mol. The highest BCUT2D eigenvalue weighted by Crippen LogP contribution is 2.36.